The van der Waals surface area contributed by atoms with Crippen LogP contribution in [0.5, 0.6) is 5.75 Å². The first kappa shape index (κ1) is 12.8. The predicted octanol–water partition coefficient (Wildman–Crippen LogP) is 1.90. The molecule has 0 aliphatic heterocycles. The molecule has 0 atom stereocenters. The molecule has 0 aliphatic rings. The van der Waals surface area contributed by atoms with Gasteiger partial charge in [-0.3, -0.25) is 4.79 Å². The fraction of sp³-hybridized carbons (Fsp3) is 0.364. The van der Waals surface area contributed by atoms with Gasteiger partial charge in [0.2, 0.25) is 5.91 Å². The van der Waals surface area contributed by atoms with Crippen LogP contribution in [-0.4, -0.2) is 26.6 Å². The Morgan fingerprint density at radius 3 is 2.88 bits per heavy atom. The van der Waals surface area contributed by atoms with Crippen molar-refractivity contribution in [1.29, 1.82) is 0 Å². The van der Waals surface area contributed by atoms with Crippen molar-refractivity contribution in [3.05, 3.63) is 23.2 Å². The van der Waals surface area contributed by atoms with Gasteiger partial charge in [-0.05, 0) is 19.2 Å². The number of carbonyl (C=O) groups excluding carboxylic acids is 1. The minimum Gasteiger partial charge on any atom is -0.495 e. The number of hydrogen-bond donors (Lipinski definition) is 2. The smallest absolute Gasteiger partial charge is 0.225 e. The van der Waals surface area contributed by atoms with Crippen LogP contribution in [0, 0.1) is 0 Å². The molecule has 0 heterocycles. The maximum Gasteiger partial charge on any atom is 0.225 e. The van der Waals surface area contributed by atoms with Crippen LogP contribution in [0.15, 0.2) is 18.2 Å². The molecule has 0 spiro atoms. The minimum absolute atomic E-state index is 0.0428. The third-order valence-electron chi connectivity index (χ3n) is 2.04. The second kappa shape index (κ2) is 6.35. The van der Waals surface area contributed by atoms with Crippen molar-refractivity contribution in [2.45, 2.75) is 6.42 Å². The molecule has 1 rings (SSSR count). The summed E-state index contributed by atoms with van der Waals surface area (Å²) in [7, 11) is 3.34. The third kappa shape index (κ3) is 3.72. The minimum atomic E-state index is -0.0428. The standard InChI is InChI=1S/C11H15ClN2O2/c1-13-6-5-11(15)14-8-3-4-9(12)10(7-8)16-2/h3-4,7,13H,5-6H2,1-2H3,(H,14,15). The van der Waals surface area contributed by atoms with Crippen molar-refractivity contribution in [2.24, 2.45) is 0 Å². The second-order valence-electron chi connectivity index (χ2n) is 3.25. The van der Waals surface area contributed by atoms with Gasteiger partial charge < -0.3 is 15.4 Å². The summed E-state index contributed by atoms with van der Waals surface area (Å²) in [5.41, 5.74) is 0.683. The first-order valence-electron chi connectivity index (χ1n) is 4.95. The van der Waals surface area contributed by atoms with E-state index >= 15 is 0 Å². The van der Waals surface area contributed by atoms with Gasteiger partial charge in [0, 0.05) is 24.7 Å². The fourth-order valence-corrected chi connectivity index (χ4v) is 1.39. The van der Waals surface area contributed by atoms with E-state index < -0.39 is 0 Å². The van der Waals surface area contributed by atoms with Crippen LogP contribution >= 0.6 is 11.6 Å². The Morgan fingerprint density at radius 1 is 1.50 bits per heavy atom. The largest absolute Gasteiger partial charge is 0.495 e. The third-order valence-corrected chi connectivity index (χ3v) is 2.35. The molecule has 0 saturated heterocycles. The average Bonchev–Trinajstić information content (AvgIpc) is 2.29. The second-order valence-corrected chi connectivity index (χ2v) is 3.66. The van der Waals surface area contributed by atoms with Gasteiger partial charge in [-0.1, -0.05) is 11.6 Å². The molecule has 88 valence electrons. The highest BCUT2D eigenvalue weighted by Crippen LogP contribution is 2.27. The lowest BCUT2D eigenvalue weighted by Crippen LogP contribution is -2.18. The van der Waals surface area contributed by atoms with Crippen LogP contribution in [0.4, 0.5) is 5.69 Å². The van der Waals surface area contributed by atoms with Crippen LogP contribution in [0.25, 0.3) is 0 Å². The molecule has 0 aromatic heterocycles. The Kier molecular flexibility index (Phi) is 5.08. The molecule has 0 fully saturated rings. The molecule has 0 saturated carbocycles. The van der Waals surface area contributed by atoms with Gasteiger partial charge >= 0.3 is 0 Å². The first-order chi connectivity index (χ1) is 7.67. The van der Waals surface area contributed by atoms with Gasteiger partial charge in [0.1, 0.15) is 5.75 Å². The Morgan fingerprint density at radius 2 is 2.25 bits per heavy atom. The van der Waals surface area contributed by atoms with Crippen molar-refractivity contribution in [3.8, 4) is 5.75 Å². The van der Waals surface area contributed by atoms with Crippen molar-refractivity contribution in [2.75, 3.05) is 26.0 Å². The van der Waals surface area contributed by atoms with E-state index in [9.17, 15) is 4.79 Å². The van der Waals surface area contributed by atoms with Gasteiger partial charge in [-0.15, -0.1) is 0 Å². The molecule has 1 aromatic carbocycles. The summed E-state index contributed by atoms with van der Waals surface area (Å²) < 4.78 is 5.05. The number of anilines is 1. The fourth-order valence-electron chi connectivity index (χ4n) is 1.20. The number of ether oxygens (including phenoxy) is 1. The van der Waals surface area contributed by atoms with E-state index in [2.05, 4.69) is 10.6 Å². The van der Waals surface area contributed by atoms with Crippen LogP contribution in [0.3, 0.4) is 0 Å². The predicted molar refractivity (Wildman–Crippen MR) is 65.2 cm³/mol. The average molecular weight is 243 g/mol. The number of hydrogen-bond acceptors (Lipinski definition) is 3. The summed E-state index contributed by atoms with van der Waals surface area (Å²) in [5.74, 6) is 0.506. The van der Waals surface area contributed by atoms with Crippen molar-refractivity contribution in [1.82, 2.24) is 5.32 Å². The van der Waals surface area contributed by atoms with Crippen LogP contribution in [0.1, 0.15) is 6.42 Å². The summed E-state index contributed by atoms with van der Waals surface area (Å²) in [5, 5.41) is 6.19. The maximum absolute atomic E-state index is 11.4. The Hall–Kier alpha value is -1.26. The van der Waals surface area contributed by atoms with Gasteiger partial charge in [0.15, 0.2) is 0 Å². The quantitative estimate of drug-likeness (QED) is 0.829. The van der Waals surface area contributed by atoms with E-state index in [4.69, 9.17) is 16.3 Å². The molecule has 2 N–H and O–H groups in total. The Balaban J connectivity index is 2.63. The van der Waals surface area contributed by atoms with Crippen LogP contribution in [-0.2, 0) is 4.79 Å². The summed E-state index contributed by atoms with van der Waals surface area (Å²) >= 11 is 5.87. The van der Waals surface area contributed by atoms with Gasteiger partial charge in [0.05, 0.1) is 12.1 Å². The van der Waals surface area contributed by atoms with Crippen molar-refractivity contribution >= 4 is 23.2 Å². The Labute approximate surface area is 99.9 Å². The number of nitrogens with one attached hydrogen (secondary N) is 2. The normalized spacial score (nSPS) is 9.94. The zero-order valence-electron chi connectivity index (χ0n) is 9.34. The molecule has 1 aromatic rings. The van der Waals surface area contributed by atoms with Crippen LogP contribution < -0.4 is 15.4 Å². The summed E-state index contributed by atoms with van der Waals surface area (Å²) in [6.07, 6.45) is 0.432. The molecule has 0 radical (unpaired) electrons. The first-order valence-corrected chi connectivity index (χ1v) is 5.33. The molecule has 0 aliphatic carbocycles. The molecular weight excluding hydrogens is 228 g/mol. The van der Waals surface area contributed by atoms with Crippen molar-refractivity contribution < 1.29 is 9.53 Å². The van der Waals surface area contributed by atoms with E-state index in [1.54, 1.807) is 25.2 Å². The lowest BCUT2D eigenvalue weighted by Gasteiger charge is -2.08. The number of benzene rings is 1. The van der Waals surface area contributed by atoms with E-state index in [1.807, 2.05) is 0 Å². The molecule has 0 unspecified atom stereocenters. The summed E-state index contributed by atoms with van der Waals surface area (Å²) in [6, 6.07) is 5.12. The molecule has 0 bridgehead atoms. The molecule has 1 amide bonds. The van der Waals surface area contributed by atoms with Gasteiger partial charge in [-0.2, -0.15) is 0 Å². The van der Waals surface area contributed by atoms with Gasteiger partial charge in [0.25, 0.3) is 0 Å². The van der Waals surface area contributed by atoms with Crippen molar-refractivity contribution in [3.63, 3.8) is 0 Å². The number of rotatable bonds is 5. The highest BCUT2D eigenvalue weighted by molar-refractivity contribution is 6.32. The maximum atomic E-state index is 11.4. The molecular formula is C11H15ClN2O2. The monoisotopic (exact) mass is 242 g/mol. The lowest BCUT2D eigenvalue weighted by molar-refractivity contribution is -0.116. The molecule has 16 heavy (non-hydrogen) atoms. The summed E-state index contributed by atoms with van der Waals surface area (Å²) in [4.78, 5) is 11.4. The van der Waals surface area contributed by atoms with Crippen LogP contribution in [0.2, 0.25) is 5.02 Å². The number of carbonyl (C=O) groups is 1. The highest BCUT2D eigenvalue weighted by Gasteiger charge is 2.05. The highest BCUT2D eigenvalue weighted by atomic mass is 35.5. The lowest BCUT2D eigenvalue weighted by atomic mass is 10.3. The van der Waals surface area contributed by atoms with Gasteiger partial charge in [-0.25, -0.2) is 0 Å². The molecule has 4 nitrogen and oxygen atoms in total. The topological polar surface area (TPSA) is 50.4 Å². The zero-order valence-corrected chi connectivity index (χ0v) is 10.1. The Bertz CT molecular complexity index is 369. The van der Waals surface area contributed by atoms with E-state index in [1.165, 1.54) is 7.11 Å². The van der Waals surface area contributed by atoms with E-state index in [-0.39, 0.29) is 5.91 Å². The number of halogens is 1. The zero-order chi connectivity index (χ0) is 12.0. The SMILES string of the molecule is CNCCC(=O)Nc1ccc(Cl)c(OC)c1. The molecule has 5 heteroatoms. The van der Waals surface area contributed by atoms with E-state index in [0.29, 0.717) is 29.4 Å². The van der Waals surface area contributed by atoms with E-state index in [0.717, 1.165) is 0 Å². The summed E-state index contributed by atoms with van der Waals surface area (Å²) in [6.45, 7) is 0.649. The number of methoxy groups -OCH3 is 1. The number of amides is 1.